The van der Waals surface area contributed by atoms with E-state index in [0.29, 0.717) is 11.4 Å². The average molecular weight is 256 g/mol. The van der Waals surface area contributed by atoms with Gasteiger partial charge >= 0.3 is 6.18 Å². The van der Waals surface area contributed by atoms with Crippen LogP contribution in [0.4, 0.5) is 13.2 Å². The Kier molecular flexibility index (Phi) is 3.19. The smallest absolute Gasteiger partial charge is 0.221 e. The van der Waals surface area contributed by atoms with E-state index in [2.05, 4.69) is 9.36 Å². The van der Waals surface area contributed by atoms with E-state index in [1.165, 1.54) is 23.7 Å². The summed E-state index contributed by atoms with van der Waals surface area (Å²) in [6, 6.07) is 4.87. The summed E-state index contributed by atoms with van der Waals surface area (Å²) in [6.45, 7) is 0. The topological polar surface area (TPSA) is 25.8 Å². The van der Waals surface area contributed by atoms with Crippen molar-refractivity contribution in [2.75, 3.05) is 0 Å². The number of rotatable bonds is 2. The molecule has 1 heterocycles. The van der Waals surface area contributed by atoms with Crippen molar-refractivity contribution in [2.45, 2.75) is 12.5 Å². The van der Waals surface area contributed by atoms with Crippen LogP contribution in [0.25, 0.3) is 11.4 Å². The van der Waals surface area contributed by atoms with Crippen molar-refractivity contribution in [1.82, 2.24) is 9.36 Å². The second-order valence-electron chi connectivity index (χ2n) is 3.44. The minimum absolute atomic E-state index is 0.487. The van der Waals surface area contributed by atoms with Crippen molar-refractivity contribution in [2.24, 2.45) is 0 Å². The number of alkyl halides is 3. The van der Waals surface area contributed by atoms with Crippen LogP contribution in [-0.4, -0.2) is 17.2 Å². The molecule has 1 aromatic heterocycles. The lowest BCUT2D eigenvalue weighted by Crippen LogP contribution is -2.04. The third-order valence-corrected chi connectivity index (χ3v) is 3.10. The lowest BCUT2D eigenvalue weighted by Gasteiger charge is -2.06. The highest BCUT2D eigenvalue weighted by Gasteiger charge is 2.30. The van der Waals surface area contributed by atoms with E-state index in [-0.39, 0.29) is 0 Å². The predicted octanol–water partition coefficient (Wildman–Crippen LogP) is 2.36. The Bertz CT molecular complexity index is 507. The monoisotopic (exact) mass is 256 g/mol. The summed E-state index contributed by atoms with van der Waals surface area (Å²) in [6.07, 6.45) is -3.53. The highest BCUT2D eigenvalue weighted by atomic mass is 32.1. The molecular weight excluding hydrogens is 248 g/mol. The molecule has 88 valence electrons. The van der Waals surface area contributed by atoms with E-state index >= 15 is 0 Å². The van der Waals surface area contributed by atoms with E-state index in [4.69, 9.17) is 0 Å². The van der Waals surface area contributed by atoms with Crippen molar-refractivity contribution in [1.29, 1.82) is 0 Å². The van der Waals surface area contributed by atoms with Crippen LogP contribution < -0.4 is 0 Å². The number of benzene rings is 1. The summed E-state index contributed by atoms with van der Waals surface area (Å²) in [5, 5.41) is 0.875. The zero-order chi connectivity index (χ0) is 12.5. The van der Waals surface area contributed by atoms with Gasteiger partial charge in [0.25, 0.3) is 0 Å². The van der Waals surface area contributed by atoms with Crippen molar-refractivity contribution < 1.29 is 13.2 Å². The third-order valence-electron chi connectivity index (χ3n) is 2.24. The SMILES string of the molecule is BCc1nc(-c2ccc(C(F)(F)F)cc2)ns1. The molecule has 1 aromatic carbocycles. The van der Waals surface area contributed by atoms with Gasteiger partial charge in [0.2, 0.25) is 0 Å². The molecule has 0 aliphatic carbocycles. The number of halogens is 3. The van der Waals surface area contributed by atoms with Gasteiger partial charge in [-0.25, -0.2) is 4.98 Å². The predicted molar refractivity (Wildman–Crippen MR) is 62.6 cm³/mol. The van der Waals surface area contributed by atoms with Gasteiger partial charge in [0.15, 0.2) is 5.82 Å². The number of aromatic nitrogens is 2. The standard InChI is InChI=1S/C10H8BF3N2S/c11-5-8-15-9(16-17-8)6-1-3-7(4-2-6)10(12,13)14/h1-4H,5,11H2. The van der Waals surface area contributed by atoms with Crippen molar-refractivity contribution in [3.05, 3.63) is 34.8 Å². The second-order valence-corrected chi connectivity index (χ2v) is 4.28. The normalized spacial score (nSPS) is 11.7. The fourth-order valence-electron chi connectivity index (χ4n) is 1.32. The van der Waals surface area contributed by atoms with Crippen molar-refractivity contribution in [3.8, 4) is 11.4 Å². The molecule has 2 nitrogen and oxygen atoms in total. The molecule has 0 bridgehead atoms. The van der Waals surface area contributed by atoms with Gasteiger partial charge < -0.3 is 0 Å². The molecule has 17 heavy (non-hydrogen) atoms. The second kappa shape index (κ2) is 4.48. The zero-order valence-corrected chi connectivity index (χ0v) is 9.77. The lowest BCUT2D eigenvalue weighted by atomic mass is 10.1. The number of hydrogen-bond acceptors (Lipinski definition) is 3. The molecule has 0 amide bonds. The van der Waals surface area contributed by atoms with Gasteiger partial charge in [0.05, 0.1) is 5.56 Å². The molecule has 2 rings (SSSR count). The van der Waals surface area contributed by atoms with Crippen molar-refractivity contribution in [3.63, 3.8) is 0 Å². The Hall–Kier alpha value is -1.37. The summed E-state index contributed by atoms with van der Waals surface area (Å²) in [4.78, 5) is 4.22. The molecule has 0 fully saturated rings. The Morgan fingerprint density at radius 1 is 1.18 bits per heavy atom. The molecule has 2 aromatic rings. The molecule has 0 unspecified atom stereocenters. The molecule has 0 spiro atoms. The van der Waals surface area contributed by atoms with Gasteiger partial charge in [-0.3, -0.25) is 0 Å². The third kappa shape index (κ3) is 2.66. The van der Waals surface area contributed by atoms with Crippen LogP contribution in [0.15, 0.2) is 24.3 Å². The molecule has 0 radical (unpaired) electrons. The minimum Gasteiger partial charge on any atom is -0.221 e. The largest absolute Gasteiger partial charge is 0.416 e. The first-order chi connectivity index (χ1) is 8.00. The Morgan fingerprint density at radius 2 is 1.82 bits per heavy atom. The van der Waals surface area contributed by atoms with Gasteiger partial charge in [0, 0.05) is 5.56 Å². The Balaban J connectivity index is 2.29. The molecule has 0 saturated heterocycles. The maximum atomic E-state index is 12.4. The van der Waals surface area contributed by atoms with E-state index < -0.39 is 11.7 Å². The van der Waals surface area contributed by atoms with Crippen LogP contribution in [0.2, 0.25) is 0 Å². The Labute approximate surface area is 101 Å². The minimum atomic E-state index is -4.30. The maximum absolute atomic E-state index is 12.4. The van der Waals surface area contributed by atoms with Crippen molar-refractivity contribution >= 4 is 19.4 Å². The van der Waals surface area contributed by atoms with Crippen LogP contribution in [0.5, 0.6) is 0 Å². The first kappa shape index (κ1) is 12.1. The van der Waals surface area contributed by atoms with Crippen LogP contribution in [0.1, 0.15) is 10.6 Å². The summed E-state index contributed by atoms with van der Waals surface area (Å²) < 4.78 is 41.2. The molecule has 0 saturated carbocycles. The highest BCUT2D eigenvalue weighted by Crippen LogP contribution is 2.30. The maximum Gasteiger partial charge on any atom is 0.416 e. The number of hydrogen-bond donors (Lipinski definition) is 0. The molecule has 0 aliphatic heterocycles. The first-order valence-corrected chi connectivity index (χ1v) is 5.78. The summed E-state index contributed by atoms with van der Waals surface area (Å²) in [5.41, 5.74) is -0.0545. The molecule has 0 aliphatic rings. The highest BCUT2D eigenvalue weighted by molar-refractivity contribution is 7.05. The van der Waals surface area contributed by atoms with Gasteiger partial charge in [-0.1, -0.05) is 12.1 Å². The van der Waals surface area contributed by atoms with Crippen LogP contribution in [0, 0.1) is 0 Å². The fourth-order valence-corrected chi connectivity index (χ4v) is 1.92. The molecule has 0 N–H and O–H groups in total. The summed E-state index contributed by atoms with van der Waals surface area (Å²) in [7, 11) is 1.96. The lowest BCUT2D eigenvalue weighted by molar-refractivity contribution is -0.137. The van der Waals surface area contributed by atoms with E-state index in [1.807, 2.05) is 7.85 Å². The molecular formula is C10H8BF3N2S. The Morgan fingerprint density at radius 3 is 2.29 bits per heavy atom. The quantitative estimate of drug-likeness (QED) is 0.771. The van der Waals surface area contributed by atoms with Crippen LogP contribution in [-0.2, 0) is 12.5 Å². The van der Waals surface area contributed by atoms with E-state index in [9.17, 15) is 13.2 Å². The van der Waals surface area contributed by atoms with Gasteiger partial charge in [-0.2, -0.15) is 17.5 Å². The zero-order valence-electron chi connectivity index (χ0n) is 8.95. The fraction of sp³-hybridized carbons (Fsp3) is 0.200. The summed E-state index contributed by atoms with van der Waals surface area (Å²) >= 11 is 1.27. The van der Waals surface area contributed by atoms with Crippen LogP contribution in [0.3, 0.4) is 0 Å². The van der Waals surface area contributed by atoms with E-state index in [0.717, 1.165) is 23.5 Å². The number of nitrogens with zero attached hydrogens (tertiary/aromatic N) is 2. The van der Waals surface area contributed by atoms with Gasteiger partial charge in [-0.05, 0) is 30.0 Å². The average Bonchev–Trinajstić information content (AvgIpc) is 2.76. The van der Waals surface area contributed by atoms with E-state index in [1.54, 1.807) is 0 Å². The first-order valence-electron chi connectivity index (χ1n) is 5.01. The van der Waals surface area contributed by atoms with Gasteiger partial charge in [-0.15, -0.1) is 0 Å². The molecule has 0 atom stereocenters. The molecule has 7 heteroatoms. The summed E-state index contributed by atoms with van der Waals surface area (Å²) in [5.74, 6) is 0.487. The van der Waals surface area contributed by atoms with Gasteiger partial charge in [0.1, 0.15) is 12.9 Å². The van der Waals surface area contributed by atoms with Crippen LogP contribution >= 0.6 is 11.5 Å².